The van der Waals surface area contributed by atoms with Crippen LogP contribution in [0.4, 0.5) is 5.13 Å². The van der Waals surface area contributed by atoms with Crippen LogP contribution < -0.4 is 10.1 Å². The first kappa shape index (κ1) is 19.1. The zero-order valence-corrected chi connectivity index (χ0v) is 16.9. The molecule has 0 atom stereocenters. The summed E-state index contributed by atoms with van der Waals surface area (Å²) < 4.78 is 5.14. The highest BCUT2D eigenvalue weighted by atomic mass is 32.1. The van der Waals surface area contributed by atoms with E-state index in [0.717, 1.165) is 29.8 Å². The monoisotopic (exact) mass is 380 g/mol. The molecule has 3 aromatic rings. The highest BCUT2D eigenvalue weighted by Gasteiger charge is 2.15. The molecule has 0 saturated carbocycles. The highest BCUT2D eigenvalue weighted by Crippen LogP contribution is 2.33. The van der Waals surface area contributed by atoms with Crippen LogP contribution in [0.25, 0.3) is 11.3 Å². The smallest absolute Gasteiger partial charge is 0.257 e. The van der Waals surface area contributed by atoms with Crippen molar-refractivity contribution >= 4 is 22.4 Å². The molecule has 140 valence electrons. The van der Waals surface area contributed by atoms with Gasteiger partial charge in [0.2, 0.25) is 0 Å². The summed E-state index contributed by atoms with van der Waals surface area (Å²) in [5.74, 6) is 0.559. The highest BCUT2D eigenvalue weighted by molar-refractivity contribution is 7.16. The first-order valence-electron chi connectivity index (χ1n) is 9.04. The number of hydrogen-bond donors (Lipinski definition) is 1. The van der Waals surface area contributed by atoms with Crippen LogP contribution >= 0.6 is 11.3 Å². The van der Waals surface area contributed by atoms with Crippen molar-refractivity contribution in [2.75, 3.05) is 12.4 Å². The number of nitrogens with zero attached hydrogens (tertiary/aromatic N) is 1. The first-order valence-corrected chi connectivity index (χ1v) is 9.86. The number of anilines is 1. The third-order valence-corrected chi connectivity index (χ3v) is 5.56. The molecule has 0 aliphatic heterocycles. The van der Waals surface area contributed by atoms with E-state index in [9.17, 15) is 4.79 Å². The summed E-state index contributed by atoms with van der Waals surface area (Å²) >= 11 is 1.55. The van der Waals surface area contributed by atoms with Crippen LogP contribution in [-0.4, -0.2) is 18.0 Å². The van der Waals surface area contributed by atoms with Gasteiger partial charge in [-0.3, -0.25) is 10.1 Å². The average Bonchev–Trinajstić information content (AvgIpc) is 3.06. The predicted molar refractivity (Wildman–Crippen MR) is 112 cm³/mol. The van der Waals surface area contributed by atoms with Crippen LogP contribution in [0.1, 0.15) is 39.7 Å². The van der Waals surface area contributed by atoms with E-state index in [4.69, 9.17) is 9.72 Å². The van der Waals surface area contributed by atoms with Gasteiger partial charge in [0.15, 0.2) is 5.13 Å². The number of benzene rings is 2. The fourth-order valence-corrected chi connectivity index (χ4v) is 3.91. The molecule has 5 heteroatoms. The van der Waals surface area contributed by atoms with Gasteiger partial charge in [-0.05, 0) is 61.7 Å². The van der Waals surface area contributed by atoms with E-state index in [2.05, 4.69) is 44.3 Å². The summed E-state index contributed by atoms with van der Waals surface area (Å²) in [6.07, 6.45) is 1.98. The molecule has 0 bridgehead atoms. The maximum absolute atomic E-state index is 12.5. The second-order valence-corrected chi connectivity index (χ2v) is 7.61. The maximum atomic E-state index is 12.5. The minimum Gasteiger partial charge on any atom is -0.497 e. The molecule has 0 aliphatic carbocycles. The Hall–Kier alpha value is -2.66. The van der Waals surface area contributed by atoms with E-state index in [0.29, 0.717) is 10.7 Å². The second-order valence-electron chi connectivity index (χ2n) is 6.52. The number of methoxy groups -OCH3 is 1. The summed E-state index contributed by atoms with van der Waals surface area (Å²) in [4.78, 5) is 18.5. The summed E-state index contributed by atoms with van der Waals surface area (Å²) in [7, 11) is 1.61. The third-order valence-electron chi connectivity index (χ3n) is 4.53. The van der Waals surface area contributed by atoms with Crippen molar-refractivity contribution in [3.05, 3.63) is 64.0 Å². The minimum atomic E-state index is -0.166. The summed E-state index contributed by atoms with van der Waals surface area (Å²) in [6, 6.07) is 13.4. The number of aromatic nitrogens is 1. The van der Waals surface area contributed by atoms with Gasteiger partial charge in [0.25, 0.3) is 5.91 Å². The van der Waals surface area contributed by atoms with E-state index in [-0.39, 0.29) is 5.91 Å². The number of nitrogens with one attached hydrogen (secondary N) is 1. The van der Waals surface area contributed by atoms with Crippen LogP contribution in [-0.2, 0) is 6.42 Å². The third kappa shape index (κ3) is 4.37. The van der Waals surface area contributed by atoms with Crippen LogP contribution in [0.5, 0.6) is 5.75 Å². The topological polar surface area (TPSA) is 51.2 Å². The van der Waals surface area contributed by atoms with Gasteiger partial charge in [0, 0.05) is 16.0 Å². The lowest BCUT2D eigenvalue weighted by Gasteiger charge is -2.05. The van der Waals surface area contributed by atoms with E-state index < -0.39 is 0 Å². The van der Waals surface area contributed by atoms with E-state index >= 15 is 0 Å². The fourth-order valence-electron chi connectivity index (χ4n) is 2.83. The Kier molecular flexibility index (Phi) is 5.91. The molecule has 27 heavy (non-hydrogen) atoms. The SMILES string of the molecule is CCCc1sc(NC(=O)c2ccc(OC)cc2)nc1-c1ccc(C)c(C)c1. The van der Waals surface area contributed by atoms with Crippen molar-refractivity contribution in [1.29, 1.82) is 0 Å². The number of rotatable bonds is 6. The Morgan fingerprint density at radius 1 is 1.11 bits per heavy atom. The molecule has 0 fully saturated rings. The summed E-state index contributed by atoms with van der Waals surface area (Å²) in [6.45, 7) is 6.37. The normalized spacial score (nSPS) is 10.7. The molecule has 4 nitrogen and oxygen atoms in total. The van der Waals surface area contributed by atoms with Crippen molar-refractivity contribution in [3.63, 3.8) is 0 Å². The number of hydrogen-bond acceptors (Lipinski definition) is 4. The van der Waals surface area contributed by atoms with Gasteiger partial charge in [0.05, 0.1) is 12.8 Å². The van der Waals surface area contributed by atoms with E-state index in [1.54, 1.807) is 42.7 Å². The molecule has 1 amide bonds. The van der Waals surface area contributed by atoms with Gasteiger partial charge < -0.3 is 4.74 Å². The number of amides is 1. The summed E-state index contributed by atoms with van der Waals surface area (Å²) in [5, 5.41) is 3.57. The van der Waals surface area contributed by atoms with Crippen LogP contribution in [0.2, 0.25) is 0 Å². The van der Waals surface area contributed by atoms with Gasteiger partial charge in [-0.1, -0.05) is 25.5 Å². The Labute approximate surface area is 164 Å². The lowest BCUT2D eigenvalue weighted by molar-refractivity contribution is 0.102. The Morgan fingerprint density at radius 2 is 1.85 bits per heavy atom. The van der Waals surface area contributed by atoms with Crippen LogP contribution in [0.3, 0.4) is 0 Å². The number of aryl methyl sites for hydroxylation is 3. The molecular formula is C22H24N2O2S. The Balaban J connectivity index is 1.87. The van der Waals surface area contributed by atoms with Gasteiger partial charge >= 0.3 is 0 Å². The largest absolute Gasteiger partial charge is 0.497 e. The van der Waals surface area contributed by atoms with E-state index in [1.807, 2.05) is 0 Å². The Bertz CT molecular complexity index is 945. The van der Waals surface area contributed by atoms with Crippen LogP contribution in [0, 0.1) is 13.8 Å². The number of thiazole rings is 1. The van der Waals surface area contributed by atoms with Crippen molar-refractivity contribution in [1.82, 2.24) is 4.98 Å². The van der Waals surface area contributed by atoms with Crippen molar-refractivity contribution in [2.24, 2.45) is 0 Å². The second kappa shape index (κ2) is 8.35. The molecule has 0 radical (unpaired) electrons. The van der Waals surface area contributed by atoms with Crippen LogP contribution in [0.15, 0.2) is 42.5 Å². The number of carbonyl (C=O) groups is 1. The van der Waals surface area contributed by atoms with Gasteiger partial charge in [-0.2, -0.15) is 0 Å². The number of ether oxygens (including phenoxy) is 1. The quantitative estimate of drug-likeness (QED) is 0.602. The summed E-state index contributed by atoms with van der Waals surface area (Å²) in [5.41, 5.74) is 5.15. The predicted octanol–water partition coefficient (Wildman–Crippen LogP) is 5.64. The molecule has 2 aromatic carbocycles. The molecule has 0 unspecified atom stereocenters. The van der Waals surface area contributed by atoms with Gasteiger partial charge in [-0.25, -0.2) is 4.98 Å². The van der Waals surface area contributed by atoms with Crippen molar-refractivity contribution < 1.29 is 9.53 Å². The lowest BCUT2D eigenvalue weighted by atomic mass is 10.0. The molecule has 0 saturated heterocycles. The number of carbonyl (C=O) groups excluding carboxylic acids is 1. The van der Waals surface area contributed by atoms with Crippen molar-refractivity contribution in [3.8, 4) is 17.0 Å². The zero-order valence-electron chi connectivity index (χ0n) is 16.1. The van der Waals surface area contributed by atoms with Gasteiger partial charge in [0.1, 0.15) is 5.75 Å². The maximum Gasteiger partial charge on any atom is 0.257 e. The van der Waals surface area contributed by atoms with E-state index in [1.165, 1.54) is 16.0 Å². The molecule has 1 heterocycles. The molecule has 1 N–H and O–H groups in total. The fraction of sp³-hybridized carbons (Fsp3) is 0.273. The zero-order chi connectivity index (χ0) is 19.4. The molecule has 0 spiro atoms. The molecule has 3 rings (SSSR count). The minimum absolute atomic E-state index is 0.166. The molecule has 1 aromatic heterocycles. The first-order chi connectivity index (χ1) is 13.0. The van der Waals surface area contributed by atoms with Crippen molar-refractivity contribution in [2.45, 2.75) is 33.6 Å². The molecule has 0 aliphatic rings. The standard InChI is InChI=1S/C22H24N2O2S/c1-5-6-19-20(17-8-7-14(2)15(3)13-17)23-22(27-19)24-21(25)16-9-11-18(26-4)12-10-16/h7-13H,5-6H2,1-4H3,(H,23,24,25). The molecular weight excluding hydrogens is 356 g/mol. The Morgan fingerprint density at radius 3 is 2.48 bits per heavy atom. The van der Waals surface area contributed by atoms with Gasteiger partial charge in [-0.15, -0.1) is 11.3 Å². The average molecular weight is 381 g/mol. The lowest BCUT2D eigenvalue weighted by Crippen LogP contribution is -2.11.